The van der Waals surface area contributed by atoms with Crippen LogP contribution in [-0.4, -0.2) is 43.8 Å². The number of hydrogen-bond acceptors (Lipinski definition) is 4. The van der Waals surface area contributed by atoms with Gasteiger partial charge in [-0.05, 0) is 26.7 Å². The third kappa shape index (κ3) is 10.3. The highest BCUT2D eigenvalue weighted by Crippen LogP contribution is 2.07. The zero-order chi connectivity index (χ0) is 15.3. The van der Waals surface area contributed by atoms with Gasteiger partial charge in [-0.1, -0.05) is 6.92 Å². The van der Waals surface area contributed by atoms with Gasteiger partial charge in [0.1, 0.15) is 0 Å². The summed E-state index contributed by atoms with van der Waals surface area (Å²) in [5, 5.41) is 9.96. The van der Waals surface area contributed by atoms with Crippen molar-refractivity contribution < 1.29 is 4.74 Å². The summed E-state index contributed by atoms with van der Waals surface area (Å²) in [6, 6.07) is 0. The molecule has 0 atom stereocenters. The molecule has 22 heavy (non-hydrogen) atoms. The summed E-state index contributed by atoms with van der Waals surface area (Å²) in [7, 11) is 0. The lowest BCUT2D eigenvalue weighted by atomic mass is 10.3. The van der Waals surface area contributed by atoms with Crippen LogP contribution in [-0.2, 0) is 11.2 Å². The Bertz CT molecular complexity index is 412. The van der Waals surface area contributed by atoms with Gasteiger partial charge in [0, 0.05) is 44.6 Å². The van der Waals surface area contributed by atoms with Crippen LogP contribution in [0, 0.1) is 6.92 Å². The monoisotopic (exact) mass is 440 g/mol. The molecule has 5 nitrogen and oxygen atoms in total. The van der Waals surface area contributed by atoms with E-state index < -0.39 is 0 Å². The molecule has 0 aliphatic heterocycles. The van der Waals surface area contributed by atoms with E-state index in [1.165, 1.54) is 0 Å². The van der Waals surface area contributed by atoms with Crippen molar-refractivity contribution in [3.05, 3.63) is 16.1 Å². The summed E-state index contributed by atoms with van der Waals surface area (Å²) in [4.78, 5) is 9.00. The van der Waals surface area contributed by atoms with Gasteiger partial charge in [-0.25, -0.2) is 4.98 Å². The number of ether oxygens (including phenoxy) is 1. The Morgan fingerprint density at radius 2 is 2.09 bits per heavy atom. The number of guanidine groups is 1. The molecule has 0 saturated carbocycles. The molecule has 2 N–H and O–H groups in total. The van der Waals surface area contributed by atoms with Crippen LogP contribution in [0.2, 0.25) is 0 Å². The van der Waals surface area contributed by atoms with Crippen LogP contribution < -0.4 is 10.6 Å². The van der Waals surface area contributed by atoms with Gasteiger partial charge in [-0.2, -0.15) is 0 Å². The average Bonchev–Trinajstić information content (AvgIpc) is 2.89. The molecular weight excluding hydrogens is 411 g/mol. The number of aliphatic imine (C=N–C) groups is 1. The van der Waals surface area contributed by atoms with E-state index >= 15 is 0 Å². The number of nitrogens with one attached hydrogen (secondary N) is 2. The van der Waals surface area contributed by atoms with Crippen LogP contribution in [0.5, 0.6) is 0 Å². The number of rotatable bonds is 10. The Labute approximate surface area is 155 Å². The first kappa shape index (κ1) is 21.6. The maximum atomic E-state index is 5.33. The Kier molecular flexibility index (Phi) is 13.9. The SMILES string of the molecule is CCCN=C(NCCCOCC)NCCc1csc(C)n1.I. The zero-order valence-corrected chi connectivity index (χ0v) is 17.0. The maximum absolute atomic E-state index is 5.33. The molecule has 0 spiro atoms. The van der Waals surface area contributed by atoms with E-state index in [2.05, 4.69) is 32.9 Å². The standard InChI is InChI=1S/C15H28N4OS.HI/c1-4-8-16-15(17-9-6-11-20-5-2)18-10-7-14-12-21-13(3)19-14;/h12H,4-11H2,1-3H3,(H2,16,17,18);1H. The maximum Gasteiger partial charge on any atom is 0.191 e. The van der Waals surface area contributed by atoms with Crippen molar-refractivity contribution in [2.24, 2.45) is 4.99 Å². The topological polar surface area (TPSA) is 58.5 Å². The summed E-state index contributed by atoms with van der Waals surface area (Å²) in [6.45, 7) is 10.3. The molecule has 0 unspecified atom stereocenters. The van der Waals surface area contributed by atoms with Crippen LogP contribution in [0.3, 0.4) is 0 Å². The van der Waals surface area contributed by atoms with Gasteiger partial charge in [0.2, 0.25) is 0 Å². The fourth-order valence-corrected chi connectivity index (χ4v) is 2.40. The molecule has 0 aliphatic carbocycles. The lowest BCUT2D eigenvalue weighted by Gasteiger charge is -2.12. The van der Waals surface area contributed by atoms with Crippen LogP contribution in [0.4, 0.5) is 0 Å². The van der Waals surface area contributed by atoms with Gasteiger partial charge >= 0.3 is 0 Å². The Hall–Kier alpha value is -0.410. The number of aryl methyl sites for hydroxylation is 1. The van der Waals surface area contributed by atoms with Crippen molar-refractivity contribution in [2.45, 2.75) is 40.0 Å². The number of nitrogens with zero attached hydrogens (tertiary/aromatic N) is 2. The molecule has 1 rings (SSSR count). The van der Waals surface area contributed by atoms with Crippen LogP contribution in [0.25, 0.3) is 0 Å². The second-order valence-electron chi connectivity index (χ2n) is 4.74. The van der Waals surface area contributed by atoms with Crippen LogP contribution >= 0.6 is 35.3 Å². The van der Waals surface area contributed by atoms with E-state index in [9.17, 15) is 0 Å². The highest BCUT2D eigenvalue weighted by Gasteiger charge is 2.01. The summed E-state index contributed by atoms with van der Waals surface area (Å²) < 4.78 is 5.33. The van der Waals surface area contributed by atoms with Crippen molar-refractivity contribution in [2.75, 3.05) is 32.8 Å². The normalized spacial score (nSPS) is 11.1. The molecule has 128 valence electrons. The molecule has 0 radical (unpaired) electrons. The summed E-state index contributed by atoms with van der Waals surface area (Å²) >= 11 is 1.70. The van der Waals surface area contributed by atoms with E-state index in [0.29, 0.717) is 0 Å². The van der Waals surface area contributed by atoms with E-state index in [1.54, 1.807) is 11.3 Å². The van der Waals surface area contributed by atoms with E-state index in [0.717, 1.165) is 68.8 Å². The molecular formula is C15H29IN4OS. The molecule has 0 aliphatic rings. The molecule has 0 bridgehead atoms. The van der Waals surface area contributed by atoms with Crippen molar-refractivity contribution in [1.29, 1.82) is 0 Å². The first-order valence-electron chi connectivity index (χ1n) is 7.77. The second-order valence-corrected chi connectivity index (χ2v) is 5.80. The highest BCUT2D eigenvalue weighted by atomic mass is 127. The fraction of sp³-hybridized carbons (Fsp3) is 0.733. The molecule has 0 amide bonds. The third-order valence-electron chi connectivity index (χ3n) is 2.80. The van der Waals surface area contributed by atoms with Gasteiger partial charge in [0.25, 0.3) is 0 Å². The Morgan fingerprint density at radius 3 is 2.73 bits per heavy atom. The molecule has 1 aromatic heterocycles. The van der Waals surface area contributed by atoms with Crippen molar-refractivity contribution in [1.82, 2.24) is 15.6 Å². The predicted molar refractivity (Wildman–Crippen MR) is 106 cm³/mol. The van der Waals surface area contributed by atoms with Crippen LogP contribution in [0.1, 0.15) is 37.4 Å². The Morgan fingerprint density at radius 1 is 1.32 bits per heavy atom. The number of hydrogen-bond donors (Lipinski definition) is 2. The average molecular weight is 440 g/mol. The molecule has 0 saturated heterocycles. The minimum Gasteiger partial charge on any atom is -0.382 e. The molecule has 0 aromatic carbocycles. The van der Waals surface area contributed by atoms with Gasteiger partial charge in [0.15, 0.2) is 5.96 Å². The smallest absolute Gasteiger partial charge is 0.191 e. The molecule has 0 fully saturated rings. The highest BCUT2D eigenvalue weighted by molar-refractivity contribution is 14.0. The van der Waals surface area contributed by atoms with Gasteiger partial charge < -0.3 is 15.4 Å². The fourth-order valence-electron chi connectivity index (χ4n) is 1.76. The van der Waals surface area contributed by atoms with Crippen molar-refractivity contribution in [3.63, 3.8) is 0 Å². The van der Waals surface area contributed by atoms with Crippen molar-refractivity contribution >= 4 is 41.3 Å². The quantitative estimate of drug-likeness (QED) is 0.254. The van der Waals surface area contributed by atoms with Gasteiger partial charge in [-0.3, -0.25) is 4.99 Å². The predicted octanol–water partition coefficient (Wildman–Crippen LogP) is 2.98. The van der Waals surface area contributed by atoms with Gasteiger partial charge in [0.05, 0.1) is 10.7 Å². The minimum absolute atomic E-state index is 0. The minimum atomic E-state index is 0. The lowest BCUT2D eigenvalue weighted by Crippen LogP contribution is -2.39. The van der Waals surface area contributed by atoms with E-state index in [-0.39, 0.29) is 24.0 Å². The van der Waals surface area contributed by atoms with Gasteiger partial charge in [-0.15, -0.1) is 35.3 Å². The summed E-state index contributed by atoms with van der Waals surface area (Å²) in [5.74, 6) is 0.889. The van der Waals surface area contributed by atoms with Crippen molar-refractivity contribution in [3.8, 4) is 0 Å². The molecule has 7 heteroatoms. The Balaban J connectivity index is 0.00000441. The number of halogens is 1. The summed E-state index contributed by atoms with van der Waals surface area (Å²) in [5.41, 5.74) is 1.15. The zero-order valence-electron chi connectivity index (χ0n) is 13.9. The second kappa shape index (κ2) is 14.2. The molecule has 1 heterocycles. The number of aromatic nitrogens is 1. The third-order valence-corrected chi connectivity index (χ3v) is 3.62. The lowest BCUT2D eigenvalue weighted by molar-refractivity contribution is 0.145. The first-order chi connectivity index (χ1) is 10.3. The van der Waals surface area contributed by atoms with Crippen LogP contribution in [0.15, 0.2) is 10.4 Å². The summed E-state index contributed by atoms with van der Waals surface area (Å²) in [6.07, 6.45) is 2.97. The first-order valence-corrected chi connectivity index (χ1v) is 8.65. The number of thiazole rings is 1. The molecule has 1 aromatic rings. The van der Waals surface area contributed by atoms with E-state index in [1.807, 2.05) is 13.8 Å². The van der Waals surface area contributed by atoms with E-state index in [4.69, 9.17) is 4.74 Å². The largest absolute Gasteiger partial charge is 0.382 e.